The van der Waals surface area contributed by atoms with Gasteiger partial charge in [-0.15, -0.1) is 0 Å². The standard InChI is InChI=1S/C21H15F4N5O2S/c1-27-17(31)13-4-3-11(8-15(13)22)30-19(33)29(18(32)20(30)5-2-6-20)12-7-14(21(23,24)25)16(9-26)28-10-12/h3-4,7-8,10H,2,5-6H2,1H3,(H,27,31)/i10D. The molecule has 2 aromatic rings. The third kappa shape index (κ3) is 3.39. The molecule has 0 radical (unpaired) electrons. The van der Waals surface area contributed by atoms with Crippen molar-refractivity contribution in [2.75, 3.05) is 16.8 Å². The number of nitriles is 1. The highest BCUT2D eigenvalue weighted by Gasteiger charge is 2.59. The Kier molecular flexibility index (Phi) is 5.01. The molecule has 1 N–H and O–H groups in total. The Balaban J connectivity index is 1.84. The average molecular weight is 478 g/mol. The summed E-state index contributed by atoms with van der Waals surface area (Å²) in [6.07, 6.45) is -4.49. The van der Waals surface area contributed by atoms with Crippen LogP contribution in [0.4, 0.5) is 28.9 Å². The number of benzene rings is 1. The number of nitrogens with one attached hydrogen (secondary N) is 1. The van der Waals surface area contributed by atoms with Crippen molar-refractivity contribution in [1.29, 1.82) is 5.26 Å². The number of carbonyl (C=O) groups excluding carboxylic acids is 2. The van der Waals surface area contributed by atoms with E-state index in [1.165, 1.54) is 30.1 Å². The second-order valence-corrected chi connectivity index (χ2v) is 7.88. The number of rotatable bonds is 3. The van der Waals surface area contributed by atoms with Crippen LogP contribution in [0, 0.1) is 17.1 Å². The SMILES string of the molecule is [2H]c1nc(C#N)c(C(F)(F)F)cc1N1C(=O)C2(CCC2)N(c2ccc(C(=O)NC)c(F)c2)C1=S. The molecule has 33 heavy (non-hydrogen) atoms. The van der Waals surface area contributed by atoms with Crippen molar-refractivity contribution in [3.8, 4) is 6.07 Å². The number of carbonyl (C=O) groups is 2. The van der Waals surface area contributed by atoms with Gasteiger partial charge in [0, 0.05) is 12.7 Å². The van der Waals surface area contributed by atoms with Gasteiger partial charge in [0.15, 0.2) is 10.8 Å². The zero-order chi connectivity index (χ0) is 25.0. The quantitative estimate of drug-likeness (QED) is 0.536. The molecule has 1 saturated carbocycles. The summed E-state index contributed by atoms with van der Waals surface area (Å²) in [5.41, 5.74) is -4.30. The number of aromatic nitrogens is 1. The van der Waals surface area contributed by atoms with Gasteiger partial charge in [-0.3, -0.25) is 14.5 Å². The van der Waals surface area contributed by atoms with Gasteiger partial charge in [-0.1, -0.05) is 0 Å². The molecule has 170 valence electrons. The molecule has 1 spiro atoms. The molecular weight excluding hydrogens is 462 g/mol. The number of thiocarbonyl (C=S) groups is 1. The maximum Gasteiger partial charge on any atom is 0.419 e. The van der Waals surface area contributed by atoms with Crippen LogP contribution in [0.25, 0.3) is 0 Å². The summed E-state index contributed by atoms with van der Waals surface area (Å²) in [6.45, 7) is 0. The van der Waals surface area contributed by atoms with Crippen LogP contribution in [0.3, 0.4) is 0 Å². The minimum absolute atomic E-state index is 0.134. The predicted octanol–water partition coefficient (Wildman–Crippen LogP) is 3.53. The summed E-state index contributed by atoms with van der Waals surface area (Å²) >= 11 is 5.43. The number of anilines is 2. The van der Waals surface area contributed by atoms with Crippen molar-refractivity contribution in [1.82, 2.24) is 10.3 Å². The molecular formula is C21H15F4N5O2S. The molecule has 12 heteroatoms. The number of pyridine rings is 1. The van der Waals surface area contributed by atoms with Gasteiger partial charge >= 0.3 is 6.18 Å². The Bertz CT molecular complexity index is 1290. The molecule has 7 nitrogen and oxygen atoms in total. The molecule has 1 saturated heterocycles. The van der Waals surface area contributed by atoms with Gasteiger partial charge in [-0.25, -0.2) is 9.37 Å². The summed E-state index contributed by atoms with van der Waals surface area (Å²) in [4.78, 5) is 30.8. The van der Waals surface area contributed by atoms with Crippen LogP contribution in [0.2, 0.25) is 0 Å². The third-order valence-electron chi connectivity index (χ3n) is 5.75. The lowest BCUT2D eigenvalue weighted by Gasteiger charge is -2.43. The lowest BCUT2D eigenvalue weighted by Crippen LogP contribution is -2.55. The van der Waals surface area contributed by atoms with Crippen LogP contribution in [0.15, 0.2) is 30.4 Å². The van der Waals surface area contributed by atoms with E-state index in [1.54, 1.807) is 0 Å². The molecule has 0 bridgehead atoms. The van der Waals surface area contributed by atoms with Gasteiger partial charge in [0.25, 0.3) is 11.8 Å². The number of hydrogen-bond acceptors (Lipinski definition) is 5. The van der Waals surface area contributed by atoms with Gasteiger partial charge in [0.05, 0.1) is 24.4 Å². The Morgan fingerprint density at radius 2 is 2.03 bits per heavy atom. The monoisotopic (exact) mass is 478 g/mol. The number of alkyl halides is 3. The molecule has 2 amide bonds. The summed E-state index contributed by atoms with van der Waals surface area (Å²) in [7, 11) is 1.34. The summed E-state index contributed by atoms with van der Waals surface area (Å²) < 4.78 is 63.2. The van der Waals surface area contributed by atoms with Crippen LogP contribution < -0.4 is 15.1 Å². The van der Waals surface area contributed by atoms with E-state index in [0.29, 0.717) is 25.3 Å². The second kappa shape index (κ2) is 7.77. The number of hydrogen-bond donors (Lipinski definition) is 1. The summed E-state index contributed by atoms with van der Waals surface area (Å²) in [5, 5.41) is 11.1. The van der Waals surface area contributed by atoms with Crippen LogP contribution in [-0.4, -0.2) is 34.5 Å². The van der Waals surface area contributed by atoms with Crippen molar-refractivity contribution in [3.63, 3.8) is 0 Å². The highest BCUT2D eigenvalue weighted by atomic mass is 32.1. The lowest BCUT2D eigenvalue weighted by molar-refractivity contribution is -0.138. The second-order valence-electron chi connectivity index (χ2n) is 7.51. The first-order valence-corrected chi connectivity index (χ1v) is 10.1. The lowest BCUT2D eigenvalue weighted by atomic mass is 9.75. The molecule has 2 aliphatic rings. The van der Waals surface area contributed by atoms with E-state index in [0.717, 1.165) is 11.0 Å². The predicted molar refractivity (Wildman–Crippen MR) is 113 cm³/mol. The molecule has 1 aliphatic carbocycles. The van der Waals surface area contributed by atoms with Gasteiger partial charge in [0.1, 0.15) is 17.4 Å². The third-order valence-corrected chi connectivity index (χ3v) is 6.11. The van der Waals surface area contributed by atoms with E-state index < -0.39 is 52.5 Å². The van der Waals surface area contributed by atoms with E-state index in [4.69, 9.17) is 18.9 Å². The minimum atomic E-state index is -4.96. The van der Waals surface area contributed by atoms with E-state index in [2.05, 4.69) is 10.3 Å². The van der Waals surface area contributed by atoms with E-state index in [-0.39, 0.29) is 16.4 Å². The van der Waals surface area contributed by atoms with Gasteiger partial charge in [-0.2, -0.15) is 18.4 Å². The normalized spacial score (nSPS) is 17.6. The fourth-order valence-corrected chi connectivity index (χ4v) is 4.44. The molecule has 1 aliphatic heterocycles. The maximum atomic E-state index is 14.7. The van der Waals surface area contributed by atoms with E-state index in [9.17, 15) is 27.2 Å². The maximum absolute atomic E-state index is 14.7. The first-order valence-electron chi connectivity index (χ1n) is 10.2. The van der Waals surface area contributed by atoms with Crippen LogP contribution in [0.5, 0.6) is 0 Å². The van der Waals surface area contributed by atoms with Crippen LogP contribution >= 0.6 is 12.2 Å². The Morgan fingerprint density at radius 1 is 1.33 bits per heavy atom. The first kappa shape index (κ1) is 21.3. The topological polar surface area (TPSA) is 89.3 Å². The highest BCUT2D eigenvalue weighted by Crippen LogP contribution is 2.48. The zero-order valence-electron chi connectivity index (χ0n) is 18.0. The zero-order valence-corrected chi connectivity index (χ0v) is 17.8. The number of halogens is 4. The van der Waals surface area contributed by atoms with Gasteiger partial charge < -0.3 is 10.2 Å². The van der Waals surface area contributed by atoms with Crippen molar-refractivity contribution in [2.45, 2.75) is 31.0 Å². The molecule has 1 aromatic heterocycles. The molecule has 0 unspecified atom stereocenters. The van der Waals surface area contributed by atoms with Gasteiger partial charge in [-0.05, 0) is 55.7 Å². The highest BCUT2D eigenvalue weighted by molar-refractivity contribution is 7.81. The van der Waals surface area contributed by atoms with Crippen molar-refractivity contribution < 1.29 is 28.5 Å². The largest absolute Gasteiger partial charge is 0.419 e. The van der Waals surface area contributed by atoms with Crippen molar-refractivity contribution >= 4 is 40.5 Å². The fraction of sp³-hybridized carbons (Fsp3) is 0.286. The van der Waals surface area contributed by atoms with E-state index >= 15 is 0 Å². The molecule has 2 fully saturated rings. The molecule has 4 rings (SSSR count). The van der Waals surface area contributed by atoms with Gasteiger partial charge in [0.2, 0.25) is 0 Å². The van der Waals surface area contributed by atoms with Crippen molar-refractivity contribution in [3.05, 3.63) is 53.1 Å². The average Bonchev–Trinajstić information content (AvgIpc) is 2.99. The Labute approximate surface area is 192 Å². The number of amides is 2. The molecule has 2 heterocycles. The van der Waals surface area contributed by atoms with E-state index in [1.807, 2.05) is 0 Å². The van der Waals surface area contributed by atoms with Crippen LogP contribution in [0.1, 0.15) is 42.2 Å². The summed E-state index contributed by atoms with van der Waals surface area (Å²) in [6, 6.07) is 5.43. The molecule has 0 atom stereocenters. The fourth-order valence-electron chi connectivity index (χ4n) is 3.98. The minimum Gasteiger partial charge on any atom is -0.355 e. The van der Waals surface area contributed by atoms with Crippen molar-refractivity contribution in [2.24, 2.45) is 0 Å². The number of nitrogens with zero attached hydrogens (tertiary/aromatic N) is 4. The summed E-state index contributed by atoms with van der Waals surface area (Å²) in [5.74, 6) is -2.21. The Hall–Kier alpha value is -3.59. The Morgan fingerprint density at radius 3 is 2.55 bits per heavy atom. The molecule has 1 aromatic carbocycles. The first-order chi connectivity index (χ1) is 16.0. The van der Waals surface area contributed by atoms with Crippen LogP contribution in [-0.2, 0) is 11.0 Å². The smallest absolute Gasteiger partial charge is 0.355 e.